The minimum Gasteiger partial charge on any atom is -0.383 e. The predicted octanol–water partition coefficient (Wildman–Crippen LogP) is 4.11. The highest BCUT2D eigenvalue weighted by atomic mass is 32.2. The molecule has 168 valence electrons. The van der Waals surface area contributed by atoms with Gasteiger partial charge in [-0.2, -0.15) is 0 Å². The van der Waals surface area contributed by atoms with Crippen LogP contribution < -0.4 is 5.56 Å². The summed E-state index contributed by atoms with van der Waals surface area (Å²) in [6.45, 7) is 2.79. The molecule has 0 bridgehead atoms. The Bertz CT molecular complexity index is 1190. The van der Waals surface area contributed by atoms with Crippen molar-refractivity contribution in [2.24, 2.45) is 0 Å². The van der Waals surface area contributed by atoms with Gasteiger partial charge in [-0.1, -0.05) is 42.1 Å². The maximum atomic E-state index is 14.3. The summed E-state index contributed by atoms with van der Waals surface area (Å²) in [4.78, 5) is 32.6. The van der Waals surface area contributed by atoms with E-state index in [1.54, 1.807) is 64.7 Å². The highest BCUT2D eigenvalue weighted by Gasteiger charge is 2.32. The first-order valence-electron chi connectivity index (χ1n) is 10.3. The average molecular weight is 474 g/mol. The molecule has 4 rings (SSSR count). The van der Waals surface area contributed by atoms with Gasteiger partial charge in [0.05, 0.1) is 29.3 Å². The van der Waals surface area contributed by atoms with E-state index in [4.69, 9.17) is 4.74 Å². The monoisotopic (exact) mass is 473 g/mol. The van der Waals surface area contributed by atoms with Gasteiger partial charge < -0.3 is 9.64 Å². The number of aromatic nitrogens is 2. The van der Waals surface area contributed by atoms with Gasteiger partial charge in [-0.25, -0.2) is 9.37 Å². The molecule has 0 aliphatic carbocycles. The van der Waals surface area contributed by atoms with Crippen molar-refractivity contribution in [3.8, 4) is 0 Å². The lowest BCUT2D eigenvalue weighted by Gasteiger charge is -2.25. The molecular weight excluding hydrogens is 449 g/mol. The maximum Gasteiger partial charge on any atom is 0.262 e. The number of ether oxygens (including phenoxy) is 1. The van der Waals surface area contributed by atoms with Crippen LogP contribution in [0.5, 0.6) is 0 Å². The molecule has 1 saturated heterocycles. The summed E-state index contributed by atoms with van der Waals surface area (Å²) in [5, 5.41) is 0.658. The Morgan fingerprint density at radius 3 is 2.81 bits per heavy atom. The van der Waals surface area contributed by atoms with Crippen LogP contribution in [0.15, 0.2) is 58.5 Å². The first kappa shape index (κ1) is 22.8. The number of thioether (sulfide) groups is 2. The van der Waals surface area contributed by atoms with E-state index in [0.717, 1.165) is 5.75 Å². The number of halogens is 1. The van der Waals surface area contributed by atoms with Crippen LogP contribution in [0.1, 0.15) is 23.9 Å². The van der Waals surface area contributed by atoms with Crippen molar-refractivity contribution in [2.75, 3.05) is 31.8 Å². The number of carbonyl (C=O) groups excluding carboxylic acids is 1. The summed E-state index contributed by atoms with van der Waals surface area (Å²) in [5.41, 5.74) is 0.952. The molecule has 32 heavy (non-hydrogen) atoms. The Kier molecular flexibility index (Phi) is 7.17. The van der Waals surface area contributed by atoms with Crippen molar-refractivity contribution in [1.29, 1.82) is 0 Å². The molecule has 1 aromatic heterocycles. The highest BCUT2D eigenvalue weighted by molar-refractivity contribution is 8.00. The summed E-state index contributed by atoms with van der Waals surface area (Å²) in [6.07, 6.45) is 0. The summed E-state index contributed by atoms with van der Waals surface area (Å²) in [7, 11) is 1.58. The van der Waals surface area contributed by atoms with Gasteiger partial charge in [0.1, 0.15) is 11.2 Å². The molecule has 9 heteroatoms. The topological polar surface area (TPSA) is 64.4 Å². The molecule has 1 fully saturated rings. The fourth-order valence-corrected chi connectivity index (χ4v) is 6.08. The molecule has 2 aromatic carbocycles. The molecule has 2 atom stereocenters. The zero-order valence-corrected chi connectivity index (χ0v) is 19.5. The second-order valence-corrected chi connectivity index (χ2v) is 9.64. The average Bonchev–Trinajstić information content (AvgIpc) is 3.28. The van der Waals surface area contributed by atoms with Crippen molar-refractivity contribution in [1.82, 2.24) is 14.5 Å². The number of rotatable bonds is 7. The van der Waals surface area contributed by atoms with Crippen molar-refractivity contribution < 1.29 is 13.9 Å². The lowest BCUT2D eigenvalue weighted by atomic mass is 10.2. The standard InChI is InChI=1S/C23H24FN3O3S2/c1-15(13-30-2)27-21(29)17-8-4-6-10-19(17)25-23(27)32-14-20(28)26-11-12-31-22(26)16-7-3-5-9-18(16)24/h3-10,15,22H,11-14H2,1-2H3/t15-,22-/m0/s1. The van der Waals surface area contributed by atoms with Crippen LogP contribution in [-0.4, -0.2) is 52.1 Å². The largest absolute Gasteiger partial charge is 0.383 e. The van der Waals surface area contributed by atoms with Crippen molar-refractivity contribution in [3.05, 3.63) is 70.3 Å². The first-order valence-corrected chi connectivity index (χ1v) is 12.3. The van der Waals surface area contributed by atoms with Gasteiger partial charge in [0.2, 0.25) is 5.91 Å². The molecule has 0 radical (unpaired) electrons. The van der Waals surface area contributed by atoms with Crippen LogP contribution in [0.25, 0.3) is 10.9 Å². The maximum absolute atomic E-state index is 14.3. The lowest BCUT2D eigenvalue weighted by molar-refractivity contribution is -0.128. The van der Waals surface area contributed by atoms with Gasteiger partial charge in [0.15, 0.2) is 5.16 Å². The summed E-state index contributed by atoms with van der Waals surface area (Å²) < 4.78 is 21.2. The molecule has 0 unspecified atom stereocenters. The molecule has 1 amide bonds. The van der Waals surface area contributed by atoms with Crippen molar-refractivity contribution in [2.45, 2.75) is 23.5 Å². The zero-order valence-electron chi connectivity index (χ0n) is 17.9. The quantitative estimate of drug-likeness (QED) is 0.380. The Labute approximate surface area is 194 Å². The van der Waals surface area contributed by atoms with Gasteiger partial charge in [-0.15, -0.1) is 11.8 Å². The number of fused-ring (bicyclic) bond motifs is 1. The highest BCUT2D eigenvalue weighted by Crippen LogP contribution is 2.39. The van der Waals surface area contributed by atoms with E-state index in [0.29, 0.717) is 34.8 Å². The van der Waals surface area contributed by atoms with Crippen LogP contribution in [0, 0.1) is 5.82 Å². The van der Waals surface area contributed by atoms with Gasteiger partial charge in [-0.3, -0.25) is 14.2 Å². The van der Waals surface area contributed by atoms with Crippen LogP contribution in [0.3, 0.4) is 0 Å². The number of nitrogens with zero attached hydrogens (tertiary/aromatic N) is 3. The molecule has 0 N–H and O–H groups in total. The Hall–Kier alpha value is -2.36. The van der Waals surface area contributed by atoms with E-state index in [-0.39, 0.29) is 34.5 Å². The molecule has 0 saturated carbocycles. The third kappa shape index (κ3) is 4.55. The minimum atomic E-state index is -0.344. The molecular formula is C23H24FN3O3S2. The third-order valence-corrected chi connectivity index (χ3v) is 7.51. The Balaban J connectivity index is 1.59. The van der Waals surface area contributed by atoms with Gasteiger partial charge in [0, 0.05) is 25.0 Å². The van der Waals surface area contributed by atoms with E-state index < -0.39 is 0 Å². The van der Waals surface area contributed by atoms with Crippen LogP contribution >= 0.6 is 23.5 Å². The zero-order chi connectivity index (χ0) is 22.7. The molecule has 6 nitrogen and oxygen atoms in total. The summed E-state index contributed by atoms with van der Waals surface area (Å²) in [5.74, 6) is 0.437. The van der Waals surface area contributed by atoms with Crippen LogP contribution in [-0.2, 0) is 9.53 Å². The molecule has 1 aliphatic rings. The van der Waals surface area contributed by atoms with Crippen LogP contribution in [0.2, 0.25) is 0 Å². The molecule has 3 aromatic rings. The number of amides is 1. The van der Waals surface area contributed by atoms with E-state index in [9.17, 15) is 14.0 Å². The van der Waals surface area contributed by atoms with Crippen molar-refractivity contribution >= 4 is 40.3 Å². The number of hydrogen-bond donors (Lipinski definition) is 0. The van der Waals surface area contributed by atoms with Crippen LogP contribution in [0.4, 0.5) is 4.39 Å². The molecule has 0 spiro atoms. The van der Waals surface area contributed by atoms with Gasteiger partial charge in [0.25, 0.3) is 5.56 Å². The number of carbonyl (C=O) groups is 1. The SMILES string of the molecule is COC[C@H](C)n1c(SCC(=O)N2CCS[C@H]2c2ccccc2F)nc2ccccc2c1=O. The predicted molar refractivity (Wildman–Crippen MR) is 127 cm³/mol. The first-order chi connectivity index (χ1) is 15.5. The van der Waals surface area contributed by atoms with E-state index in [1.165, 1.54) is 17.8 Å². The minimum absolute atomic E-state index is 0.107. The van der Waals surface area contributed by atoms with E-state index in [2.05, 4.69) is 4.98 Å². The smallest absolute Gasteiger partial charge is 0.262 e. The fourth-order valence-electron chi connectivity index (χ4n) is 3.80. The van der Waals surface area contributed by atoms with Gasteiger partial charge >= 0.3 is 0 Å². The Morgan fingerprint density at radius 2 is 2.03 bits per heavy atom. The van der Waals surface area contributed by atoms with E-state index >= 15 is 0 Å². The normalized spacial score (nSPS) is 17.1. The van der Waals surface area contributed by atoms with Crippen molar-refractivity contribution in [3.63, 3.8) is 0 Å². The Morgan fingerprint density at radius 1 is 1.28 bits per heavy atom. The lowest BCUT2D eigenvalue weighted by Crippen LogP contribution is -2.33. The second kappa shape index (κ2) is 10.1. The van der Waals surface area contributed by atoms with Gasteiger partial charge in [-0.05, 0) is 25.1 Å². The number of methoxy groups -OCH3 is 1. The number of para-hydroxylation sites is 1. The fraction of sp³-hybridized carbons (Fsp3) is 0.348. The summed E-state index contributed by atoms with van der Waals surface area (Å²) >= 11 is 2.78. The third-order valence-electron chi connectivity index (χ3n) is 5.33. The summed E-state index contributed by atoms with van der Waals surface area (Å²) in [6, 6.07) is 13.5. The number of hydrogen-bond acceptors (Lipinski definition) is 6. The second-order valence-electron chi connectivity index (χ2n) is 7.51. The molecule has 2 heterocycles. The molecule has 1 aliphatic heterocycles. The number of benzene rings is 2. The van der Waals surface area contributed by atoms with E-state index in [1.807, 2.05) is 13.0 Å².